The van der Waals surface area contributed by atoms with Gasteiger partial charge in [-0.1, -0.05) is 23.2 Å². The summed E-state index contributed by atoms with van der Waals surface area (Å²) in [7, 11) is 0. The number of hydrogen-bond donors (Lipinski definition) is 2. The fraction of sp³-hybridized carbons (Fsp3) is 0. The van der Waals surface area contributed by atoms with Crippen molar-refractivity contribution in [1.82, 2.24) is 14.5 Å². The lowest BCUT2D eigenvalue weighted by Crippen LogP contribution is -2.29. The van der Waals surface area contributed by atoms with Crippen LogP contribution in [-0.2, 0) is 0 Å². The van der Waals surface area contributed by atoms with Crippen molar-refractivity contribution in [3.8, 4) is 5.69 Å². The van der Waals surface area contributed by atoms with Crippen LogP contribution in [0.5, 0.6) is 0 Å². The molecule has 11 heteroatoms. The fourth-order valence-corrected chi connectivity index (χ4v) is 2.61. The Balaban J connectivity index is 2.42. The van der Waals surface area contributed by atoms with Gasteiger partial charge in [0, 0.05) is 18.5 Å². The third-order valence-corrected chi connectivity index (χ3v) is 3.77. The van der Waals surface area contributed by atoms with Crippen LogP contribution in [0, 0.1) is 10.1 Å². The first-order chi connectivity index (χ1) is 11.3. The lowest BCUT2D eigenvalue weighted by Gasteiger charge is -2.09. The van der Waals surface area contributed by atoms with E-state index in [0.717, 1.165) is 18.5 Å². The van der Waals surface area contributed by atoms with Crippen LogP contribution in [0.15, 0.2) is 38.9 Å². The minimum absolute atomic E-state index is 0.000927. The van der Waals surface area contributed by atoms with Gasteiger partial charge in [-0.25, -0.2) is 0 Å². The standard InChI is InChI=1S/C13H6Cl2N4O5/c14-5-3-18(4-6(15)11(5)20)9-1-7-8(2-10(9)19(23)24)17-13(22)12(21)16-7/h1-4H,(H,16,21)(H,17,22). The van der Waals surface area contributed by atoms with Crippen molar-refractivity contribution in [2.24, 2.45) is 0 Å². The van der Waals surface area contributed by atoms with Gasteiger partial charge in [0.1, 0.15) is 15.7 Å². The van der Waals surface area contributed by atoms with E-state index in [9.17, 15) is 24.5 Å². The van der Waals surface area contributed by atoms with E-state index in [1.54, 1.807) is 0 Å². The van der Waals surface area contributed by atoms with Crippen LogP contribution in [0.4, 0.5) is 5.69 Å². The van der Waals surface area contributed by atoms with E-state index in [2.05, 4.69) is 9.97 Å². The molecule has 0 amide bonds. The lowest BCUT2D eigenvalue weighted by atomic mass is 10.2. The summed E-state index contributed by atoms with van der Waals surface area (Å²) in [6, 6.07) is 2.35. The molecule has 2 N–H and O–H groups in total. The molecule has 1 aromatic carbocycles. The molecule has 2 heterocycles. The highest BCUT2D eigenvalue weighted by molar-refractivity contribution is 6.34. The van der Waals surface area contributed by atoms with Crippen molar-refractivity contribution in [2.75, 3.05) is 0 Å². The van der Waals surface area contributed by atoms with Crippen LogP contribution in [-0.4, -0.2) is 19.5 Å². The number of aromatic amines is 2. The number of halogens is 2. The Hall–Kier alpha value is -2.91. The summed E-state index contributed by atoms with van der Waals surface area (Å²) in [4.78, 5) is 49.6. The molecule has 0 aliphatic carbocycles. The van der Waals surface area contributed by atoms with E-state index in [4.69, 9.17) is 23.2 Å². The topological polar surface area (TPSA) is 131 Å². The summed E-state index contributed by atoms with van der Waals surface area (Å²) in [5.41, 5.74) is -2.60. The van der Waals surface area contributed by atoms with Crippen molar-refractivity contribution in [2.45, 2.75) is 0 Å². The Morgan fingerprint density at radius 2 is 1.46 bits per heavy atom. The van der Waals surface area contributed by atoms with Gasteiger partial charge >= 0.3 is 11.1 Å². The molecule has 3 aromatic rings. The van der Waals surface area contributed by atoms with Gasteiger partial charge in [-0.2, -0.15) is 0 Å². The summed E-state index contributed by atoms with van der Waals surface area (Å²) < 4.78 is 1.19. The molecule has 0 unspecified atom stereocenters. The molecule has 0 atom stereocenters. The van der Waals surface area contributed by atoms with Gasteiger partial charge in [0.05, 0.1) is 16.0 Å². The largest absolute Gasteiger partial charge is 0.316 e. The molecular formula is C13H6Cl2N4O5. The number of H-pyrrole nitrogens is 2. The molecule has 3 rings (SSSR count). The normalized spacial score (nSPS) is 10.9. The van der Waals surface area contributed by atoms with Crippen LogP contribution in [0.25, 0.3) is 16.7 Å². The average molecular weight is 369 g/mol. The van der Waals surface area contributed by atoms with Gasteiger partial charge in [-0.15, -0.1) is 0 Å². The SMILES string of the molecule is O=c1c(Cl)cn(-c2cc3[nH]c(=O)c(=O)[nH]c3cc2[N+](=O)[O-])cc1Cl. The molecule has 0 bridgehead atoms. The quantitative estimate of drug-likeness (QED) is 0.402. The number of fused-ring (bicyclic) bond motifs is 1. The van der Waals surface area contributed by atoms with Crippen LogP contribution >= 0.6 is 23.2 Å². The Morgan fingerprint density at radius 3 is 1.96 bits per heavy atom. The number of hydrogen-bond acceptors (Lipinski definition) is 5. The van der Waals surface area contributed by atoms with Gasteiger partial charge < -0.3 is 14.5 Å². The second-order valence-electron chi connectivity index (χ2n) is 4.74. The predicted molar refractivity (Wildman–Crippen MR) is 87.5 cm³/mol. The van der Waals surface area contributed by atoms with Gasteiger partial charge in [0.15, 0.2) is 0 Å². The first-order valence-electron chi connectivity index (χ1n) is 6.30. The molecule has 0 saturated heterocycles. The van der Waals surface area contributed by atoms with E-state index in [1.807, 2.05) is 0 Å². The Kier molecular flexibility index (Phi) is 3.74. The van der Waals surface area contributed by atoms with Gasteiger partial charge in [0.25, 0.3) is 5.69 Å². The summed E-state index contributed by atoms with van der Waals surface area (Å²) in [5, 5.41) is 10.9. The summed E-state index contributed by atoms with van der Waals surface area (Å²) in [6.07, 6.45) is 2.32. The molecule has 0 saturated carbocycles. The smallest absolute Gasteiger partial charge is 0.314 e. The number of nitro groups is 1. The molecule has 0 radical (unpaired) electrons. The van der Waals surface area contributed by atoms with E-state index < -0.39 is 21.5 Å². The minimum Gasteiger partial charge on any atom is -0.316 e. The van der Waals surface area contributed by atoms with Gasteiger partial charge in [-0.3, -0.25) is 24.5 Å². The van der Waals surface area contributed by atoms with E-state index in [-0.39, 0.29) is 32.5 Å². The molecule has 122 valence electrons. The number of aromatic nitrogens is 3. The maximum atomic E-state index is 11.6. The molecule has 0 spiro atoms. The number of benzene rings is 1. The van der Waals surface area contributed by atoms with Crippen LogP contribution in [0.1, 0.15) is 0 Å². The first-order valence-corrected chi connectivity index (χ1v) is 7.06. The number of rotatable bonds is 2. The fourth-order valence-electron chi connectivity index (χ4n) is 2.15. The van der Waals surface area contributed by atoms with Crippen LogP contribution in [0.2, 0.25) is 10.0 Å². The Morgan fingerprint density at radius 1 is 0.958 bits per heavy atom. The highest BCUT2D eigenvalue weighted by atomic mass is 35.5. The molecule has 9 nitrogen and oxygen atoms in total. The number of nitrogens with one attached hydrogen (secondary N) is 2. The van der Waals surface area contributed by atoms with E-state index in [0.29, 0.717) is 0 Å². The molecule has 24 heavy (non-hydrogen) atoms. The minimum atomic E-state index is -0.931. The van der Waals surface area contributed by atoms with E-state index in [1.165, 1.54) is 10.6 Å². The zero-order valence-corrected chi connectivity index (χ0v) is 13.0. The third kappa shape index (κ3) is 2.59. The summed E-state index contributed by atoms with van der Waals surface area (Å²) in [5.74, 6) is 0. The first kappa shape index (κ1) is 16.0. The predicted octanol–water partition coefficient (Wildman–Crippen LogP) is 1.58. The van der Waals surface area contributed by atoms with Crippen molar-refractivity contribution in [1.29, 1.82) is 0 Å². The van der Waals surface area contributed by atoms with E-state index >= 15 is 0 Å². The molecule has 0 aliphatic heterocycles. The second kappa shape index (κ2) is 5.62. The number of pyridine rings is 1. The van der Waals surface area contributed by atoms with Crippen LogP contribution < -0.4 is 16.5 Å². The van der Waals surface area contributed by atoms with Gasteiger partial charge in [0.2, 0.25) is 5.43 Å². The molecular weight excluding hydrogens is 363 g/mol. The number of nitrogens with zero attached hydrogens (tertiary/aromatic N) is 2. The third-order valence-electron chi connectivity index (χ3n) is 3.23. The van der Waals surface area contributed by atoms with Crippen molar-refractivity contribution in [3.63, 3.8) is 0 Å². The Labute approximate surface area is 141 Å². The second-order valence-corrected chi connectivity index (χ2v) is 5.56. The molecule has 2 aromatic heterocycles. The van der Waals surface area contributed by atoms with Gasteiger partial charge in [-0.05, 0) is 6.07 Å². The summed E-state index contributed by atoms with van der Waals surface area (Å²) >= 11 is 11.5. The Bertz CT molecular complexity index is 1150. The highest BCUT2D eigenvalue weighted by Crippen LogP contribution is 2.27. The monoisotopic (exact) mass is 368 g/mol. The average Bonchev–Trinajstić information content (AvgIpc) is 2.52. The molecule has 0 aliphatic rings. The zero-order chi connectivity index (χ0) is 17.6. The maximum Gasteiger partial charge on any atom is 0.314 e. The van der Waals surface area contributed by atoms with Crippen molar-refractivity contribution >= 4 is 39.9 Å². The van der Waals surface area contributed by atoms with Crippen LogP contribution in [0.3, 0.4) is 0 Å². The van der Waals surface area contributed by atoms with Crippen molar-refractivity contribution in [3.05, 3.63) is 75.6 Å². The number of nitro benzene ring substituents is 1. The lowest BCUT2D eigenvalue weighted by molar-refractivity contribution is -0.384. The zero-order valence-electron chi connectivity index (χ0n) is 11.5. The molecule has 0 fully saturated rings. The summed E-state index contributed by atoms with van der Waals surface area (Å²) in [6.45, 7) is 0. The maximum absolute atomic E-state index is 11.6. The highest BCUT2D eigenvalue weighted by Gasteiger charge is 2.19. The van der Waals surface area contributed by atoms with Crippen molar-refractivity contribution < 1.29 is 4.92 Å².